The van der Waals surface area contributed by atoms with Crippen molar-refractivity contribution < 1.29 is 4.79 Å². The minimum Gasteiger partial charge on any atom is -0.357 e. The fourth-order valence-corrected chi connectivity index (χ4v) is 2.97. The van der Waals surface area contributed by atoms with Crippen molar-refractivity contribution >= 4 is 41.5 Å². The molecule has 3 heterocycles. The average Bonchev–Trinajstić information content (AvgIpc) is 3.28. The lowest BCUT2D eigenvalue weighted by Crippen LogP contribution is -2.39. The van der Waals surface area contributed by atoms with E-state index in [-0.39, 0.29) is 36.4 Å². The predicted octanol–water partition coefficient (Wildman–Crippen LogP) is 1.67. The molecule has 0 unspecified atom stereocenters. The zero-order valence-electron chi connectivity index (χ0n) is 15.1. The molecule has 26 heavy (non-hydrogen) atoms. The molecule has 7 nitrogen and oxygen atoms in total. The van der Waals surface area contributed by atoms with E-state index in [1.165, 1.54) is 0 Å². The molecule has 142 valence electrons. The monoisotopic (exact) mass is 470 g/mol. The molecule has 1 aliphatic rings. The molecule has 0 bridgehead atoms. The smallest absolute Gasteiger partial charge is 0.244 e. The van der Waals surface area contributed by atoms with E-state index >= 15 is 0 Å². The number of likely N-dealkylation sites (tertiary alicyclic amines) is 1. The summed E-state index contributed by atoms with van der Waals surface area (Å²) in [7, 11) is 0. The number of carbonyl (C=O) groups excluding carboxylic acids is 1. The van der Waals surface area contributed by atoms with Crippen molar-refractivity contribution in [3.05, 3.63) is 36.3 Å². The first-order valence-corrected chi connectivity index (χ1v) is 8.99. The van der Waals surface area contributed by atoms with E-state index in [0.29, 0.717) is 12.5 Å². The van der Waals surface area contributed by atoms with Gasteiger partial charge in [0.05, 0.1) is 5.69 Å². The van der Waals surface area contributed by atoms with Crippen LogP contribution in [0, 0.1) is 0 Å². The Morgan fingerprint density at radius 2 is 2.08 bits per heavy atom. The fourth-order valence-electron chi connectivity index (χ4n) is 2.97. The Morgan fingerprint density at radius 1 is 1.27 bits per heavy atom. The van der Waals surface area contributed by atoms with Gasteiger partial charge in [-0.15, -0.1) is 24.0 Å². The number of aliphatic imine (C=N–C) groups is 1. The number of guanidine groups is 1. The van der Waals surface area contributed by atoms with Gasteiger partial charge in [-0.05, 0) is 31.9 Å². The summed E-state index contributed by atoms with van der Waals surface area (Å²) in [4.78, 5) is 23.0. The van der Waals surface area contributed by atoms with Crippen LogP contribution in [0.4, 0.5) is 0 Å². The second kappa shape index (κ2) is 10.3. The number of hydrogen-bond donors (Lipinski definition) is 2. The van der Waals surface area contributed by atoms with Gasteiger partial charge in [0, 0.05) is 45.0 Å². The molecule has 0 aromatic carbocycles. The summed E-state index contributed by atoms with van der Waals surface area (Å²) in [5.41, 5.74) is 1.98. The topological polar surface area (TPSA) is 74.0 Å². The summed E-state index contributed by atoms with van der Waals surface area (Å²) in [6, 6.07) is 5.97. The van der Waals surface area contributed by atoms with Gasteiger partial charge < -0.3 is 19.9 Å². The van der Waals surface area contributed by atoms with Gasteiger partial charge in [0.2, 0.25) is 5.91 Å². The number of halogens is 1. The zero-order valence-corrected chi connectivity index (χ0v) is 17.5. The second-order valence-electron chi connectivity index (χ2n) is 6.16. The molecule has 3 rings (SSSR count). The first-order valence-electron chi connectivity index (χ1n) is 8.99. The van der Waals surface area contributed by atoms with Crippen molar-refractivity contribution in [1.29, 1.82) is 0 Å². The maximum absolute atomic E-state index is 12.1. The average molecular weight is 470 g/mol. The van der Waals surface area contributed by atoms with Crippen LogP contribution in [-0.2, 0) is 11.2 Å². The van der Waals surface area contributed by atoms with E-state index in [1.807, 2.05) is 46.8 Å². The van der Waals surface area contributed by atoms with Gasteiger partial charge in [0.15, 0.2) is 5.96 Å². The number of imidazole rings is 1. The highest BCUT2D eigenvalue weighted by atomic mass is 127. The molecule has 1 amide bonds. The van der Waals surface area contributed by atoms with Gasteiger partial charge in [0.25, 0.3) is 0 Å². The van der Waals surface area contributed by atoms with Gasteiger partial charge in [-0.25, -0.2) is 9.98 Å². The van der Waals surface area contributed by atoms with Crippen LogP contribution in [0.15, 0.2) is 35.6 Å². The first-order chi connectivity index (χ1) is 12.3. The number of amides is 1. The highest BCUT2D eigenvalue weighted by Crippen LogP contribution is 2.07. The Kier molecular flexibility index (Phi) is 8.14. The fraction of sp³-hybridized carbons (Fsp3) is 0.500. The van der Waals surface area contributed by atoms with E-state index in [4.69, 9.17) is 0 Å². The van der Waals surface area contributed by atoms with E-state index < -0.39 is 0 Å². The van der Waals surface area contributed by atoms with Crippen molar-refractivity contribution in [3.63, 3.8) is 0 Å². The number of hydrogen-bond acceptors (Lipinski definition) is 3. The van der Waals surface area contributed by atoms with Crippen LogP contribution in [0.3, 0.4) is 0 Å². The molecule has 0 atom stereocenters. The summed E-state index contributed by atoms with van der Waals surface area (Å²) < 4.78 is 2.02. The third kappa shape index (κ3) is 5.58. The Morgan fingerprint density at radius 3 is 2.81 bits per heavy atom. The van der Waals surface area contributed by atoms with Crippen molar-refractivity contribution in [2.24, 2.45) is 4.99 Å². The van der Waals surface area contributed by atoms with Crippen LogP contribution < -0.4 is 10.6 Å². The van der Waals surface area contributed by atoms with E-state index in [9.17, 15) is 4.79 Å². The molecule has 0 aliphatic carbocycles. The molecule has 0 spiro atoms. The lowest BCUT2D eigenvalue weighted by atomic mass is 10.3. The van der Waals surface area contributed by atoms with E-state index in [1.54, 1.807) is 0 Å². The molecule has 2 aromatic heterocycles. The lowest BCUT2D eigenvalue weighted by molar-refractivity contribution is -0.128. The quantitative estimate of drug-likeness (QED) is 0.383. The van der Waals surface area contributed by atoms with Crippen LogP contribution in [0.5, 0.6) is 0 Å². The van der Waals surface area contributed by atoms with Crippen LogP contribution in [-0.4, -0.2) is 58.9 Å². The van der Waals surface area contributed by atoms with Crippen molar-refractivity contribution in [2.45, 2.75) is 26.2 Å². The van der Waals surface area contributed by atoms with Crippen LogP contribution in [0.1, 0.15) is 25.5 Å². The number of pyridine rings is 1. The molecule has 2 aromatic rings. The molecule has 0 radical (unpaired) electrons. The number of rotatable bonds is 6. The standard InChI is InChI=1S/C18H26N6O.HI/c1-2-19-18(21-13-17(25)23-10-5-6-11-23)20-9-8-15-14-24-12-4-3-7-16(24)22-15;/h3-4,7,12,14H,2,5-6,8-11,13H2,1H3,(H2,19,20,21);1H. The highest BCUT2D eigenvalue weighted by Gasteiger charge is 2.17. The van der Waals surface area contributed by atoms with Crippen LogP contribution >= 0.6 is 24.0 Å². The number of nitrogens with zero attached hydrogens (tertiary/aromatic N) is 4. The van der Waals surface area contributed by atoms with Crippen molar-refractivity contribution in [3.8, 4) is 0 Å². The predicted molar refractivity (Wildman–Crippen MR) is 114 cm³/mol. The van der Waals surface area contributed by atoms with Crippen molar-refractivity contribution in [2.75, 3.05) is 32.7 Å². The molecule has 1 aliphatic heterocycles. The highest BCUT2D eigenvalue weighted by molar-refractivity contribution is 14.0. The largest absolute Gasteiger partial charge is 0.357 e. The number of carbonyl (C=O) groups is 1. The van der Waals surface area contributed by atoms with E-state index in [2.05, 4.69) is 20.6 Å². The van der Waals surface area contributed by atoms with E-state index in [0.717, 1.165) is 50.2 Å². The molecular formula is C18H27IN6O. The Bertz CT molecular complexity index is 705. The Balaban J connectivity index is 0.00000243. The Labute approximate surface area is 171 Å². The zero-order chi connectivity index (χ0) is 17.5. The molecule has 1 saturated heterocycles. The second-order valence-corrected chi connectivity index (χ2v) is 6.16. The van der Waals surface area contributed by atoms with Gasteiger partial charge in [0.1, 0.15) is 12.2 Å². The maximum Gasteiger partial charge on any atom is 0.244 e. The maximum atomic E-state index is 12.1. The number of nitrogens with one attached hydrogen (secondary N) is 2. The molecular weight excluding hydrogens is 443 g/mol. The SMILES string of the molecule is CCNC(=NCC(=O)N1CCCC1)NCCc1cn2ccccc2n1.I. The third-order valence-corrected chi connectivity index (χ3v) is 4.26. The minimum atomic E-state index is 0. The van der Waals surface area contributed by atoms with Gasteiger partial charge in [-0.1, -0.05) is 6.07 Å². The summed E-state index contributed by atoms with van der Waals surface area (Å²) in [6.45, 7) is 5.43. The lowest BCUT2D eigenvalue weighted by Gasteiger charge is -2.15. The van der Waals surface area contributed by atoms with Gasteiger partial charge >= 0.3 is 0 Å². The normalized spacial score (nSPS) is 14.3. The van der Waals surface area contributed by atoms with Crippen molar-refractivity contribution in [1.82, 2.24) is 24.9 Å². The Hall–Kier alpha value is -1.84. The van der Waals surface area contributed by atoms with Crippen LogP contribution in [0.25, 0.3) is 5.65 Å². The first kappa shape index (κ1) is 20.5. The molecule has 0 saturated carbocycles. The summed E-state index contributed by atoms with van der Waals surface area (Å²) in [5, 5.41) is 6.46. The summed E-state index contributed by atoms with van der Waals surface area (Å²) in [6.07, 6.45) is 7.04. The third-order valence-electron chi connectivity index (χ3n) is 4.26. The number of aromatic nitrogens is 2. The molecule has 2 N–H and O–H groups in total. The summed E-state index contributed by atoms with van der Waals surface area (Å²) >= 11 is 0. The van der Waals surface area contributed by atoms with Crippen LogP contribution in [0.2, 0.25) is 0 Å². The molecule has 8 heteroatoms. The molecule has 1 fully saturated rings. The summed E-state index contributed by atoms with van der Waals surface area (Å²) in [5.74, 6) is 0.786. The van der Waals surface area contributed by atoms with Gasteiger partial charge in [-0.2, -0.15) is 0 Å². The number of fused-ring (bicyclic) bond motifs is 1. The van der Waals surface area contributed by atoms with Gasteiger partial charge in [-0.3, -0.25) is 4.79 Å². The minimum absolute atomic E-state index is 0.